The Kier molecular flexibility index (Phi) is 3.49. The second-order valence-electron chi connectivity index (χ2n) is 5.67. The maximum Gasteiger partial charge on any atom is 0.205 e. The number of nitrogens with zero attached hydrogens (tertiary/aromatic N) is 1. The van der Waals surface area contributed by atoms with Gasteiger partial charge in [-0.25, -0.2) is 4.98 Å². The van der Waals surface area contributed by atoms with Gasteiger partial charge < -0.3 is 5.73 Å². The zero-order chi connectivity index (χ0) is 16.0. The number of rotatable bonds is 2. The third kappa shape index (κ3) is 2.20. The number of nitrogens with two attached hydrogens (primary N) is 1. The number of pyridine rings is 1. The van der Waals surface area contributed by atoms with Crippen LogP contribution in [0.4, 0.5) is 5.69 Å². The van der Waals surface area contributed by atoms with E-state index in [9.17, 15) is 4.79 Å². The molecular weight excluding hydrogens is 292 g/mol. The Bertz CT molecular complexity index is 892. The number of carbonyl (C=O) groups excluding carboxylic acids is 1. The number of hydrogen-bond donors (Lipinski definition) is 1. The molecule has 3 nitrogen and oxygen atoms in total. The highest BCUT2D eigenvalue weighted by atomic mass is 32.1. The van der Waals surface area contributed by atoms with Crippen LogP contribution in [0, 0.1) is 27.7 Å². The third-order valence-corrected chi connectivity index (χ3v) is 5.29. The van der Waals surface area contributed by atoms with Gasteiger partial charge >= 0.3 is 0 Å². The van der Waals surface area contributed by atoms with Crippen LogP contribution in [0.5, 0.6) is 0 Å². The van der Waals surface area contributed by atoms with Gasteiger partial charge in [0.2, 0.25) is 5.78 Å². The summed E-state index contributed by atoms with van der Waals surface area (Å²) in [6, 6.07) is 7.57. The number of thiophene rings is 1. The topological polar surface area (TPSA) is 56.0 Å². The molecule has 3 aromatic rings. The maximum atomic E-state index is 12.7. The molecule has 0 fully saturated rings. The van der Waals surface area contributed by atoms with Gasteiger partial charge in [-0.15, -0.1) is 11.3 Å². The number of benzene rings is 1. The minimum absolute atomic E-state index is 0.0322. The lowest BCUT2D eigenvalue weighted by Gasteiger charge is -2.05. The Morgan fingerprint density at radius 1 is 1.05 bits per heavy atom. The Morgan fingerprint density at radius 2 is 1.68 bits per heavy atom. The van der Waals surface area contributed by atoms with E-state index < -0.39 is 0 Å². The van der Waals surface area contributed by atoms with E-state index in [0.29, 0.717) is 16.1 Å². The van der Waals surface area contributed by atoms with Crippen LogP contribution in [0.2, 0.25) is 0 Å². The summed E-state index contributed by atoms with van der Waals surface area (Å²) in [6.07, 6.45) is 0. The van der Waals surface area contributed by atoms with Gasteiger partial charge in [0.15, 0.2) is 0 Å². The van der Waals surface area contributed by atoms with E-state index in [-0.39, 0.29) is 5.78 Å². The zero-order valence-electron chi connectivity index (χ0n) is 13.2. The first kappa shape index (κ1) is 14.7. The molecule has 0 aliphatic rings. The summed E-state index contributed by atoms with van der Waals surface area (Å²) in [4.78, 5) is 18.7. The molecule has 0 aliphatic carbocycles. The molecule has 0 amide bonds. The average molecular weight is 310 g/mol. The number of aromatic nitrogens is 1. The standard InChI is InChI=1S/C18H18N2OS/c1-9-5-7-13(8-6-9)16(21)17-15(19)14-11(3)10(2)12(4)20-18(14)22-17/h5-8H,19H2,1-4H3. The Hall–Kier alpha value is -2.20. The summed E-state index contributed by atoms with van der Waals surface area (Å²) >= 11 is 1.38. The molecule has 22 heavy (non-hydrogen) atoms. The van der Waals surface area contributed by atoms with Crippen LogP contribution in [0.25, 0.3) is 10.2 Å². The van der Waals surface area contributed by atoms with Crippen molar-refractivity contribution in [2.24, 2.45) is 0 Å². The molecule has 0 atom stereocenters. The van der Waals surface area contributed by atoms with Gasteiger partial charge in [-0.3, -0.25) is 4.79 Å². The highest BCUT2D eigenvalue weighted by molar-refractivity contribution is 7.21. The van der Waals surface area contributed by atoms with E-state index in [2.05, 4.69) is 4.98 Å². The number of aryl methyl sites for hydroxylation is 3. The highest BCUT2D eigenvalue weighted by Gasteiger charge is 2.21. The van der Waals surface area contributed by atoms with E-state index in [1.54, 1.807) is 0 Å². The molecular formula is C18H18N2OS. The van der Waals surface area contributed by atoms with Crippen molar-refractivity contribution in [1.29, 1.82) is 0 Å². The lowest BCUT2D eigenvalue weighted by atomic mass is 10.0. The first-order chi connectivity index (χ1) is 10.4. The molecule has 1 aromatic carbocycles. The first-order valence-corrected chi connectivity index (χ1v) is 7.99. The fraction of sp³-hybridized carbons (Fsp3) is 0.222. The molecule has 0 aliphatic heterocycles. The molecule has 112 valence electrons. The van der Waals surface area contributed by atoms with Gasteiger partial charge in [-0.05, 0) is 38.8 Å². The highest BCUT2D eigenvalue weighted by Crippen LogP contribution is 2.37. The van der Waals surface area contributed by atoms with Gasteiger partial charge in [0.25, 0.3) is 0 Å². The van der Waals surface area contributed by atoms with Crippen LogP contribution >= 0.6 is 11.3 Å². The Balaban J connectivity index is 2.20. The molecule has 2 N–H and O–H groups in total. The Morgan fingerprint density at radius 3 is 2.32 bits per heavy atom. The summed E-state index contributed by atoms with van der Waals surface area (Å²) in [5.41, 5.74) is 11.9. The van der Waals surface area contributed by atoms with Crippen molar-refractivity contribution in [1.82, 2.24) is 4.98 Å². The van der Waals surface area contributed by atoms with Gasteiger partial charge in [-0.1, -0.05) is 29.8 Å². The van der Waals surface area contributed by atoms with E-state index in [1.165, 1.54) is 11.3 Å². The zero-order valence-corrected chi connectivity index (χ0v) is 14.0. The average Bonchev–Trinajstić information content (AvgIpc) is 2.82. The minimum Gasteiger partial charge on any atom is -0.397 e. The van der Waals surface area contributed by atoms with Crippen molar-refractivity contribution in [3.63, 3.8) is 0 Å². The number of carbonyl (C=O) groups is 1. The smallest absolute Gasteiger partial charge is 0.205 e. The maximum absolute atomic E-state index is 12.7. The van der Waals surface area contributed by atoms with Gasteiger partial charge in [0.05, 0.1) is 5.69 Å². The molecule has 0 bridgehead atoms. The fourth-order valence-electron chi connectivity index (χ4n) is 2.57. The molecule has 0 spiro atoms. The minimum atomic E-state index is -0.0322. The Labute approximate surface area is 133 Å². The van der Waals surface area contributed by atoms with Crippen LogP contribution < -0.4 is 5.73 Å². The van der Waals surface area contributed by atoms with Gasteiger partial charge in [0.1, 0.15) is 9.71 Å². The number of hydrogen-bond acceptors (Lipinski definition) is 4. The van der Waals surface area contributed by atoms with Crippen LogP contribution in [0.15, 0.2) is 24.3 Å². The molecule has 0 saturated heterocycles. The number of anilines is 1. The van der Waals surface area contributed by atoms with Crippen LogP contribution in [-0.4, -0.2) is 10.8 Å². The van der Waals surface area contributed by atoms with Crippen molar-refractivity contribution in [2.45, 2.75) is 27.7 Å². The van der Waals surface area contributed by atoms with Crippen molar-refractivity contribution >= 4 is 33.0 Å². The largest absolute Gasteiger partial charge is 0.397 e. The predicted octanol–water partition coefficient (Wildman–Crippen LogP) is 4.34. The predicted molar refractivity (Wildman–Crippen MR) is 92.9 cm³/mol. The molecule has 0 saturated carbocycles. The van der Waals surface area contributed by atoms with Crippen molar-refractivity contribution in [3.8, 4) is 0 Å². The lowest BCUT2D eigenvalue weighted by molar-refractivity contribution is 0.104. The van der Waals surface area contributed by atoms with E-state index in [0.717, 1.165) is 32.6 Å². The van der Waals surface area contributed by atoms with Crippen molar-refractivity contribution < 1.29 is 4.79 Å². The second kappa shape index (κ2) is 5.21. The quantitative estimate of drug-likeness (QED) is 0.716. The first-order valence-electron chi connectivity index (χ1n) is 7.17. The molecule has 4 heteroatoms. The third-order valence-electron chi connectivity index (χ3n) is 4.20. The summed E-state index contributed by atoms with van der Waals surface area (Å²) in [5.74, 6) is -0.0322. The van der Waals surface area contributed by atoms with E-state index >= 15 is 0 Å². The summed E-state index contributed by atoms with van der Waals surface area (Å²) < 4.78 is 0. The number of ketones is 1. The van der Waals surface area contributed by atoms with E-state index in [4.69, 9.17) is 5.73 Å². The molecule has 2 aromatic heterocycles. The van der Waals surface area contributed by atoms with Gasteiger partial charge in [0, 0.05) is 16.6 Å². The van der Waals surface area contributed by atoms with Crippen molar-refractivity contribution in [2.75, 3.05) is 5.73 Å². The summed E-state index contributed by atoms with van der Waals surface area (Å²) in [5, 5.41) is 0.920. The molecule has 0 radical (unpaired) electrons. The van der Waals surface area contributed by atoms with Crippen molar-refractivity contribution in [3.05, 3.63) is 57.1 Å². The number of fused-ring (bicyclic) bond motifs is 1. The monoisotopic (exact) mass is 310 g/mol. The van der Waals surface area contributed by atoms with Crippen LogP contribution in [0.1, 0.15) is 37.6 Å². The van der Waals surface area contributed by atoms with E-state index in [1.807, 2.05) is 52.0 Å². The second-order valence-corrected chi connectivity index (χ2v) is 6.67. The summed E-state index contributed by atoms with van der Waals surface area (Å²) in [7, 11) is 0. The SMILES string of the molecule is Cc1ccc(C(=O)c2sc3nc(C)c(C)c(C)c3c2N)cc1. The van der Waals surface area contributed by atoms with Crippen LogP contribution in [0.3, 0.4) is 0 Å². The molecule has 0 unspecified atom stereocenters. The number of nitrogen functional groups attached to an aromatic ring is 1. The lowest BCUT2D eigenvalue weighted by Crippen LogP contribution is -2.02. The fourth-order valence-corrected chi connectivity index (χ4v) is 3.74. The molecule has 2 heterocycles. The van der Waals surface area contributed by atoms with Crippen LogP contribution in [-0.2, 0) is 0 Å². The summed E-state index contributed by atoms with van der Waals surface area (Å²) in [6.45, 7) is 8.06. The van der Waals surface area contributed by atoms with Gasteiger partial charge in [-0.2, -0.15) is 0 Å². The molecule has 3 rings (SSSR count). The normalized spacial score (nSPS) is 11.1.